The maximum Gasteiger partial charge on any atom is 0.490 e. The van der Waals surface area contributed by atoms with Crippen molar-refractivity contribution in [2.24, 2.45) is 0 Å². The van der Waals surface area contributed by atoms with E-state index in [9.17, 15) is 9.50 Å². The van der Waals surface area contributed by atoms with Gasteiger partial charge in [-0.1, -0.05) is 12.1 Å². The van der Waals surface area contributed by atoms with E-state index >= 15 is 0 Å². The van der Waals surface area contributed by atoms with Gasteiger partial charge in [0.1, 0.15) is 11.6 Å². The summed E-state index contributed by atoms with van der Waals surface area (Å²) in [5.74, 6) is 1.29. The number of methoxy groups -OCH3 is 1. The highest BCUT2D eigenvalue weighted by molar-refractivity contribution is 6.53. The zero-order chi connectivity index (χ0) is 16.5. The largest absolute Gasteiger partial charge is 0.496 e. The molecule has 0 saturated carbocycles. The monoisotopic (exact) mass is 308 g/mol. The van der Waals surface area contributed by atoms with Crippen LogP contribution in [0.15, 0.2) is 24.2 Å². The van der Waals surface area contributed by atoms with Crippen molar-refractivity contribution in [3.8, 4) is 5.75 Å². The number of aliphatic hydroxyl groups is 1. The third-order valence-corrected chi connectivity index (χ3v) is 4.29. The lowest BCUT2D eigenvalue weighted by Gasteiger charge is -2.32. The summed E-state index contributed by atoms with van der Waals surface area (Å²) in [5.41, 5.74) is -0.0572. The standard InChI is InChI=1S/C16H22BFO4/c1-15(2)16(3,4)22-17(21-15)9-13(18)11-6-7-12(10-19)14(8-11)20-5/h6-9,19H,10H2,1-5H3/b13-9-. The molecule has 1 saturated heterocycles. The molecule has 0 aromatic heterocycles. The first-order valence-corrected chi connectivity index (χ1v) is 7.21. The van der Waals surface area contributed by atoms with E-state index in [-0.39, 0.29) is 6.61 Å². The van der Waals surface area contributed by atoms with Crippen LogP contribution in [-0.4, -0.2) is 30.5 Å². The molecular formula is C16H22BFO4. The fourth-order valence-corrected chi connectivity index (χ4v) is 2.20. The Hall–Kier alpha value is -1.37. The average Bonchev–Trinajstić information content (AvgIpc) is 2.65. The van der Waals surface area contributed by atoms with Crippen molar-refractivity contribution in [1.29, 1.82) is 0 Å². The molecule has 0 radical (unpaired) electrons. The lowest BCUT2D eigenvalue weighted by atomic mass is 9.88. The highest BCUT2D eigenvalue weighted by atomic mass is 19.1. The van der Waals surface area contributed by atoms with Crippen LogP contribution in [0.5, 0.6) is 5.75 Å². The molecule has 1 N–H and O–H groups in total. The minimum absolute atomic E-state index is 0.161. The predicted octanol–water partition coefficient (Wildman–Crippen LogP) is 3.13. The van der Waals surface area contributed by atoms with Gasteiger partial charge in [-0.2, -0.15) is 0 Å². The van der Waals surface area contributed by atoms with Gasteiger partial charge in [0.25, 0.3) is 0 Å². The molecule has 0 atom stereocenters. The van der Waals surface area contributed by atoms with Gasteiger partial charge in [-0.05, 0) is 39.7 Å². The number of rotatable bonds is 4. The lowest BCUT2D eigenvalue weighted by molar-refractivity contribution is 0.00578. The first-order valence-electron chi connectivity index (χ1n) is 7.21. The number of benzene rings is 1. The number of halogens is 1. The maximum atomic E-state index is 14.4. The molecule has 1 aromatic carbocycles. The molecule has 120 valence electrons. The molecule has 0 unspecified atom stereocenters. The van der Waals surface area contributed by atoms with Crippen molar-refractivity contribution >= 4 is 12.9 Å². The van der Waals surface area contributed by atoms with Crippen LogP contribution in [0.3, 0.4) is 0 Å². The fraction of sp³-hybridized carbons (Fsp3) is 0.500. The zero-order valence-electron chi connectivity index (χ0n) is 13.6. The van der Waals surface area contributed by atoms with Gasteiger partial charge >= 0.3 is 7.12 Å². The number of ether oxygens (including phenoxy) is 1. The summed E-state index contributed by atoms with van der Waals surface area (Å²) in [7, 11) is 0.738. The molecule has 2 rings (SSSR count). The van der Waals surface area contributed by atoms with Crippen molar-refractivity contribution in [3.05, 3.63) is 35.3 Å². The molecule has 6 heteroatoms. The Bertz CT molecular complexity index is 568. The summed E-state index contributed by atoms with van der Waals surface area (Å²) in [6, 6.07) is 4.76. The molecule has 22 heavy (non-hydrogen) atoms. The van der Waals surface area contributed by atoms with Crippen LogP contribution in [0, 0.1) is 0 Å². The van der Waals surface area contributed by atoms with Gasteiger partial charge in [-0.3, -0.25) is 0 Å². The minimum atomic E-state index is -0.742. The number of hydrogen-bond acceptors (Lipinski definition) is 4. The Morgan fingerprint density at radius 3 is 2.36 bits per heavy atom. The summed E-state index contributed by atoms with van der Waals surface area (Å²) >= 11 is 0. The average molecular weight is 308 g/mol. The van der Waals surface area contributed by atoms with E-state index in [1.165, 1.54) is 13.1 Å². The summed E-state index contributed by atoms with van der Waals surface area (Å²) in [6.07, 6.45) is 0. The first-order chi connectivity index (χ1) is 10.2. The van der Waals surface area contributed by atoms with E-state index in [0.29, 0.717) is 16.9 Å². The van der Waals surface area contributed by atoms with Gasteiger partial charge in [-0.15, -0.1) is 0 Å². The molecule has 4 nitrogen and oxygen atoms in total. The summed E-state index contributed by atoms with van der Waals surface area (Å²) in [4.78, 5) is 0. The third-order valence-electron chi connectivity index (χ3n) is 4.29. The van der Waals surface area contributed by atoms with E-state index in [2.05, 4.69) is 0 Å². The van der Waals surface area contributed by atoms with E-state index < -0.39 is 24.1 Å². The van der Waals surface area contributed by atoms with Crippen LogP contribution in [0.1, 0.15) is 38.8 Å². The Balaban J connectivity index is 2.24. The Kier molecular flexibility index (Phi) is 4.66. The minimum Gasteiger partial charge on any atom is -0.496 e. The molecular weight excluding hydrogens is 286 g/mol. The normalized spacial score (nSPS) is 20.3. The van der Waals surface area contributed by atoms with E-state index in [1.54, 1.807) is 18.2 Å². The van der Waals surface area contributed by atoms with Crippen LogP contribution < -0.4 is 4.74 Å². The van der Waals surface area contributed by atoms with Crippen molar-refractivity contribution in [2.75, 3.05) is 7.11 Å². The van der Waals surface area contributed by atoms with Crippen LogP contribution in [0.2, 0.25) is 0 Å². The fourth-order valence-electron chi connectivity index (χ4n) is 2.20. The van der Waals surface area contributed by atoms with Crippen LogP contribution in [-0.2, 0) is 15.9 Å². The van der Waals surface area contributed by atoms with E-state index in [4.69, 9.17) is 14.0 Å². The molecule has 1 aromatic rings. The van der Waals surface area contributed by atoms with Crippen molar-refractivity contribution < 1.29 is 23.5 Å². The van der Waals surface area contributed by atoms with Crippen molar-refractivity contribution in [1.82, 2.24) is 0 Å². The van der Waals surface area contributed by atoms with Crippen LogP contribution in [0.4, 0.5) is 4.39 Å². The molecule has 1 aliphatic heterocycles. The Morgan fingerprint density at radius 1 is 1.27 bits per heavy atom. The predicted molar refractivity (Wildman–Crippen MR) is 84.1 cm³/mol. The second-order valence-corrected chi connectivity index (χ2v) is 6.32. The molecule has 0 bridgehead atoms. The summed E-state index contributed by atoms with van der Waals surface area (Å²) < 4.78 is 31.1. The van der Waals surface area contributed by atoms with Gasteiger partial charge in [0.05, 0.1) is 24.9 Å². The number of hydrogen-bond donors (Lipinski definition) is 1. The third kappa shape index (κ3) is 3.19. The smallest absolute Gasteiger partial charge is 0.490 e. The second-order valence-electron chi connectivity index (χ2n) is 6.32. The molecule has 0 spiro atoms. The molecule has 0 aliphatic carbocycles. The van der Waals surface area contributed by atoms with Gasteiger partial charge in [0, 0.05) is 11.1 Å². The summed E-state index contributed by atoms with van der Waals surface area (Å²) in [5, 5.41) is 9.20. The molecule has 1 aliphatic rings. The summed E-state index contributed by atoms with van der Waals surface area (Å²) in [6.45, 7) is 7.50. The van der Waals surface area contributed by atoms with Crippen LogP contribution in [0.25, 0.3) is 5.83 Å². The lowest BCUT2D eigenvalue weighted by Crippen LogP contribution is -2.41. The highest BCUT2D eigenvalue weighted by Gasteiger charge is 2.50. The quantitative estimate of drug-likeness (QED) is 0.868. The van der Waals surface area contributed by atoms with Crippen molar-refractivity contribution in [2.45, 2.75) is 45.5 Å². The highest BCUT2D eigenvalue weighted by Crippen LogP contribution is 2.38. The second kappa shape index (κ2) is 6.03. The van der Waals surface area contributed by atoms with Gasteiger partial charge in [0.15, 0.2) is 0 Å². The Morgan fingerprint density at radius 2 is 1.86 bits per heavy atom. The van der Waals surface area contributed by atoms with E-state index in [1.807, 2.05) is 27.7 Å². The van der Waals surface area contributed by atoms with Gasteiger partial charge in [-0.25, -0.2) is 4.39 Å². The molecule has 0 amide bonds. The van der Waals surface area contributed by atoms with Crippen molar-refractivity contribution in [3.63, 3.8) is 0 Å². The topological polar surface area (TPSA) is 47.9 Å². The molecule has 1 heterocycles. The zero-order valence-corrected chi connectivity index (χ0v) is 13.6. The maximum absolute atomic E-state index is 14.4. The number of aliphatic hydroxyl groups excluding tert-OH is 1. The SMILES string of the molecule is COc1cc(/C(F)=C/B2OC(C)(C)C(C)(C)O2)ccc1CO. The molecule has 1 fully saturated rings. The first kappa shape index (κ1) is 17.0. The van der Waals surface area contributed by atoms with Crippen LogP contribution >= 0.6 is 0 Å². The van der Waals surface area contributed by atoms with Gasteiger partial charge in [0.2, 0.25) is 0 Å². The van der Waals surface area contributed by atoms with E-state index in [0.717, 1.165) is 0 Å². The Labute approximate surface area is 131 Å². The van der Waals surface area contributed by atoms with Gasteiger partial charge < -0.3 is 19.2 Å².